The number of hydrogen-bond acceptors (Lipinski definition) is 2. The number of thiophene rings is 1. The summed E-state index contributed by atoms with van der Waals surface area (Å²) in [5.41, 5.74) is 19.0. The first kappa shape index (κ1) is 35.2. The summed E-state index contributed by atoms with van der Waals surface area (Å²) in [6.07, 6.45) is 0. The number of fused-ring (bicyclic) bond motifs is 8. The van der Waals surface area contributed by atoms with E-state index >= 15 is 0 Å². The molecule has 0 spiro atoms. The Balaban J connectivity index is 1.10. The normalized spacial score (nSPS) is 14.3. The zero-order valence-electron chi connectivity index (χ0n) is 34.3. The third-order valence-electron chi connectivity index (χ3n) is 13.7. The number of nitrogens with zero attached hydrogens (tertiary/aromatic N) is 1. The average Bonchev–Trinajstić information content (AvgIpc) is 3.78. The lowest BCUT2D eigenvalue weighted by Crippen LogP contribution is -2.24. The van der Waals surface area contributed by atoms with E-state index in [-0.39, 0.29) is 10.8 Å². The maximum atomic E-state index is 2.50. The third kappa shape index (κ3) is 5.04. The molecule has 2 aliphatic carbocycles. The monoisotopic (exact) mass is 785 g/mol. The Morgan fingerprint density at radius 2 is 1.03 bits per heavy atom. The van der Waals surface area contributed by atoms with Crippen LogP contribution in [0.1, 0.15) is 49.9 Å². The van der Waals surface area contributed by atoms with Crippen LogP contribution in [0.4, 0.5) is 17.1 Å². The zero-order valence-corrected chi connectivity index (χ0v) is 35.1. The van der Waals surface area contributed by atoms with Crippen molar-refractivity contribution in [2.45, 2.75) is 38.5 Å². The van der Waals surface area contributed by atoms with Crippen molar-refractivity contribution < 1.29 is 0 Å². The smallest absolute Gasteiger partial charge is 0.0640 e. The van der Waals surface area contributed by atoms with Crippen molar-refractivity contribution in [2.24, 2.45) is 0 Å². The van der Waals surface area contributed by atoms with Gasteiger partial charge in [0.05, 0.1) is 10.4 Å². The van der Waals surface area contributed by atoms with E-state index in [0.717, 1.165) is 11.4 Å². The van der Waals surface area contributed by atoms with Crippen LogP contribution in [0.5, 0.6) is 0 Å². The molecule has 60 heavy (non-hydrogen) atoms. The lowest BCUT2D eigenvalue weighted by atomic mass is 9.67. The number of rotatable bonds is 5. The maximum Gasteiger partial charge on any atom is 0.0640 e. The van der Waals surface area contributed by atoms with E-state index in [2.05, 4.69) is 221 Å². The lowest BCUT2D eigenvalue weighted by molar-refractivity contribution is 0.645. The Kier molecular flexibility index (Phi) is 7.56. The highest BCUT2D eigenvalue weighted by molar-refractivity contribution is 7.26. The molecule has 12 rings (SSSR count). The van der Waals surface area contributed by atoms with E-state index in [1.54, 1.807) is 0 Å². The van der Waals surface area contributed by atoms with E-state index in [1.165, 1.54) is 103 Å². The molecule has 2 heteroatoms. The van der Waals surface area contributed by atoms with Crippen LogP contribution in [0.3, 0.4) is 0 Å². The SMILES string of the molecule is CC1(C)c2ccccc2-c2ccc(-c3ccc4cccc5c4c3-c3cc(N(c4ccc(-c6ccccc6)cc4)c4cccc6c4sc4ccccc46)ccc3C5(C)C)cc21. The van der Waals surface area contributed by atoms with Gasteiger partial charge in [0.1, 0.15) is 0 Å². The van der Waals surface area contributed by atoms with Crippen molar-refractivity contribution in [1.82, 2.24) is 0 Å². The van der Waals surface area contributed by atoms with Gasteiger partial charge in [-0.15, -0.1) is 11.3 Å². The molecule has 1 heterocycles. The Morgan fingerprint density at radius 1 is 0.400 bits per heavy atom. The highest BCUT2D eigenvalue weighted by atomic mass is 32.1. The molecule has 0 radical (unpaired) electrons. The zero-order chi connectivity index (χ0) is 40.3. The summed E-state index contributed by atoms with van der Waals surface area (Å²) < 4.78 is 2.60. The summed E-state index contributed by atoms with van der Waals surface area (Å²) >= 11 is 1.88. The first-order valence-corrected chi connectivity index (χ1v) is 21.9. The highest BCUT2D eigenvalue weighted by Crippen LogP contribution is 2.55. The molecule has 0 atom stereocenters. The number of hydrogen-bond donors (Lipinski definition) is 0. The van der Waals surface area contributed by atoms with Crippen molar-refractivity contribution in [1.29, 1.82) is 0 Å². The average molecular weight is 786 g/mol. The van der Waals surface area contributed by atoms with Gasteiger partial charge in [-0.25, -0.2) is 0 Å². The first-order chi connectivity index (χ1) is 29.3. The van der Waals surface area contributed by atoms with E-state index in [9.17, 15) is 0 Å². The lowest BCUT2D eigenvalue weighted by Gasteiger charge is -2.37. The molecule has 0 saturated carbocycles. The minimum atomic E-state index is -0.200. The van der Waals surface area contributed by atoms with Crippen LogP contribution in [0.15, 0.2) is 188 Å². The largest absolute Gasteiger partial charge is 0.309 e. The van der Waals surface area contributed by atoms with E-state index in [1.807, 2.05) is 11.3 Å². The summed E-state index contributed by atoms with van der Waals surface area (Å²) in [5, 5.41) is 5.24. The van der Waals surface area contributed by atoms with Gasteiger partial charge in [-0.2, -0.15) is 0 Å². The molecule has 0 amide bonds. The summed E-state index contributed by atoms with van der Waals surface area (Å²) in [6, 6.07) is 70.5. The van der Waals surface area contributed by atoms with Gasteiger partial charge in [0.15, 0.2) is 0 Å². The van der Waals surface area contributed by atoms with Gasteiger partial charge in [-0.3, -0.25) is 0 Å². The summed E-state index contributed by atoms with van der Waals surface area (Å²) in [7, 11) is 0. The Labute approximate surface area is 355 Å². The van der Waals surface area contributed by atoms with Gasteiger partial charge in [0.25, 0.3) is 0 Å². The molecule has 2 aliphatic rings. The van der Waals surface area contributed by atoms with Crippen molar-refractivity contribution in [2.75, 3.05) is 4.90 Å². The molecule has 0 aliphatic heterocycles. The molecule has 1 aromatic heterocycles. The summed E-state index contributed by atoms with van der Waals surface area (Å²) in [5.74, 6) is 0. The molecule has 286 valence electrons. The molecule has 0 fully saturated rings. The van der Waals surface area contributed by atoms with Gasteiger partial charge < -0.3 is 4.90 Å². The van der Waals surface area contributed by atoms with Crippen molar-refractivity contribution >= 4 is 59.3 Å². The number of anilines is 3. The Morgan fingerprint density at radius 3 is 1.90 bits per heavy atom. The second kappa shape index (κ2) is 12.9. The van der Waals surface area contributed by atoms with E-state index in [0.29, 0.717) is 0 Å². The van der Waals surface area contributed by atoms with Crippen LogP contribution < -0.4 is 4.90 Å². The topological polar surface area (TPSA) is 3.24 Å². The quantitative estimate of drug-likeness (QED) is 0.168. The van der Waals surface area contributed by atoms with Crippen LogP contribution in [-0.4, -0.2) is 0 Å². The Hall–Kier alpha value is -6.74. The van der Waals surface area contributed by atoms with Crippen molar-refractivity contribution in [3.63, 3.8) is 0 Å². The van der Waals surface area contributed by atoms with Crippen LogP contribution in [0, 0.1) is 0 Å². The van der Waals surface area contributed by atoms with E-state index < -0.39 is 0 Å². The molecule has 10 aromatic rings. The van der Waals surface area contributed by atoms with Crippen LogP contribution in [0.25, 0.3) is 75.5 Å². The molecular formula is C58H43NS. The predicted molar refractivity (Wildman–Crippen MR) is 258 cm³/mol. The van der Waals surface area contributed by atoms with Gasteiger partial charge in [-0.1, -0.05) is 173 Å². The number of benzene rings is 9. The van der Waals surface area contributed by atoms with Gasteiger partial charge in [0.2, 0.25) is 0 Å². The summed E-state index contributed by atoms with van der Waals surface area (Å²) in [6.45, 7) is 9.57. The van der Waals surface area contributed by atoms with Crippen molar-refractivity contribution in [3.05, 3.63) is 210 Å². The predicted octanol–water partition coefficient (Wildman–Crippen LogP) is 16.6. The molecule has 1 nitrogen and oxygen atoms in total. The maximum absolute atomic E-state index is 2.50. The molecule has 0 N–H and O–H groups in total. The molecule has 0 bridgehead atoms. The molecule has 9 aromatic carbocycles. The van der Waals surface area contributed by atoms with E-state index in [4.69, 9.17) is 0 Å². The van der Waals surface area contributed by atoms with Crippen LogP contribution in [-0.2, 0) is 10.8 Å². The highest BCUT2D eigenvalue weighted by Gasteiger charge is 2.38. The Bertz CT molecular complexity index is 3370. The summed E-state index contributed by atoms with van der Waals surface area (Å²) in [4.78, 5) is 2.50. The second-order valence-corrected chi connectivity index (χ2v) is 18.7. The standard InChI is InChI=1S/C58H43NS/c1-57(2)49-33-30-41(59(40-28-24-37(25-29-40)36-14-6-5-7-15-36)52-22-13-19-46-45-18-9-11-23-53(45)60-56(46)52)35-47(49)55-42(31-26-38-16-12-21-50(57)54(38)55)39-27-32-44-43-17-8-10-20-48(43)58(3,4)51(44)34-39/h5-35H,1-4H3. The molecular weight excluding hydrogens is 743 g/mol. The minimum Gasteiger partial charge on any atom is -0.309 e. The third-order valence-corrected chi connectivity index (χ3v) is 14.9. The van der Waals surface area contributed by atoms with Gasteiger partial charge in [-0.05, 0) is 120 Å². The fraction of sp³-hybridized carbons (Fsp3) is 0.103. The van der Waals surface area contributed by atoms with Crippen molar-refractivity contribution in [3.8, 4) is 44.5 Å². The van der Waals surface area contributed by atoms with Crippen LogP contribution in [0.2, 0.25) is 0 Å². The van der Waals surface area contributed by atoms with Crippen LogP contribution >= 0.6 is 11.3 Å². The minimum absolute atomic E-state index is 0.0849. The second-order valence-electron chi connectivity index (χ2n) is 17.7. The molecule has 0 saturated heterocycles. The molecule has 0 unspecified atom stereocenters. The fourth-order valence-electron chi connectivity index (χ4n) is 10.6. The van der Waals surface area contributed by atoms with Gasteiger partial charge in [0, 0.05) is 37.7 Å². The fourth-order valence-corrected chi connectivity index (χ4v) is 11.8. The first-order valence-electron chi connectivity index (χ1n) is 21.1. The van der Waals surface area contributed by atoms with Gasteiger partial charge >= 0.3 is 0 Å².